The maximum Gasteiger partial charge on any atom is 0.0697 e. The second-order valence-electron chi connectivity index (χ2n) is 7.99. The van der Waals surface area contributed by atoms with Crippen LogP contribution in [0, 0.1) is 5.92 Å². The standard InChI is InChI=1S/C18H31NO2/c20-17-7-2-1-5-15(17)16-6-3-11-19(16)14-8-12-21-18(13-14)9-4-10-18/h14-17,20H,1-13H2. The lowest BCUT2D eigenvalue weighted by Gasteiger charge is -2.51. The average Bonchev–Trinajstić information content (AvgIpc) is 2.95. The van der Waals surface area contributed by atoms with Crippen LogP contribution in [0.25, 0.3) is 0 Å². The number of ether oxygens (including phenoxy) is 1. The summed E-state index contributed by atoms with van der Waals surface area (Å²) in [6, 6.07) is 1.38. The molecule has 0 aromatic heterocycles. The fourth-order valence-electron chi connectivity index (χ4n) is 5.52. The third-order valence-corrected chi connectivity index (χ3v) is 6.82. The molecule has 0 bridgehead atoms. The van der Waals surface area contributed by atoms with E-state index in [1.807, 2.05) is 0 Å². The van der Waals surface area contributed by atoms with E-state index in [0.717, 1.165) is 19.1 Å². The summed E-state index contributed by atoms with van der Waals surface area (Å²) >= 11 is 0. The van der Waals surface area contributed by atoms with Gasteiger partial charge in [0.15, 0.2) is 0 Å². The van der Waals surface area contributed by atoms with Gasteiger partial charge in [-0.05, 0) is 64.3 Å². The van der Waals surface area contributed by atoms with Crippen LogP contribution in [0.15, 0.2) is 0 Å². The van der Waals surface area contributed by atoms with Crippen LogP contribution in [0.5, 0.6) is 0 Å². The Hall–Kier alpha value is -0.120. The predicted molar refractivity (Wildman–Crippen MR) is 83.2 cm³/mol. The largest absolute Gasteiger partial charge is 0.393 e. The van der Waals surface area contributed by atoms with Gasteiger partial charge in [-0.1, -0.05) is 12.8 Å². The van der Waals surface area contributed by atoms with Gasteiger partial charge in [-0.15, -0.1) is 0 Å². The van der Waals surface area contributed by atoms with Crippen molar-refractivity contribution in [3.8, 4) is 0 Å². The molecule has 4 rings (SSSR count). The van der Waals surface area contributed by atoms with E-state index < -0.39 is 0 Å². The number of nitrogens with zero attached hydrogens (tertiary/aromatic N) is 1. The van der Waals surface area contributed by atoms with Crippen molar-refractivity contribution in [2.24, 2.45) is 5.92 Å². The van der Waals surface area contributed by atoms with Crippen LogP contribution < -0.4 is 0 Å². The molecule has 21 heavy (non-hydrogen) atoms. The summed E-state index contributed by atoms with van der Waals surface area (Å²) in [5.41, 5.74) is 0.251. The van der Waals surface area contributed by atoms with Crippen molar-refractivity contribution in [3.05, 3.63) is 0 Å². The highest BCUT2D eigenvalue weighted by Crippen LogP contribution is 2.45. The van der Waals surface area contributed by atoms with Gasteiger partial charge in [0.25, 0.3) is 0 Å². The highest BCUT2D eigenvalue weighted by Gasteiger charge is 2.47. The molecule has 0 radical (unpaired) electrons. The monoisotopic (exact) mass is 293 g/mol. The summed E-state index contributed by atoms with van der Waals surface area (Å²) in [7, 11) is 0. The molecule has 1 N–H and O–H groups in total. The van der Waals surface area contributed by atoms with E-state index in [0.29, 0.717) is 12.0 Å². The minimum atomic E-state index is -0.0400. The first-order chi connectivity index (χ1) is 10.3. The molecular formula is C18H31NO2. The lowest BCUT2D eigenvalue weighted by Crippen LogP contribution is -2.55. The molecule has 0 aromatic rings. The number of hydrogen-bond acceptors (Lipinski definition) is 3. The maximum absolute atomic E-state index is 10.5. The molecule has 2 saturated carbocycles. The molecule has 2 aliphatic heterocycles. The summed E-state index contributed by atoms with van der Waals surface area (Å²) in [6.45, 7) is 2.22. The Morgan fingerprint density at radius 1 is 0.952 bits per heavy atom. The first-order valence-electron chi connectivity index (χ1n) is 9.35. The fourth-order valence-corrected chi connectivity index (χ4v) is 5.52. The summed E-state index contributed by atoms with van der Waals surface area (Å²) in [4.78, 5) is 2.79. The second-order valence-corrected chi connectivity index (χ2v) is 7.99. The first-order valence-corrected chi connectivity index (χ1v) is 9.35. The third kappa shape index (κ3) is 2.66. The van der Waals surface area contributed by atoms with E-state index >= 15 is 0 Å². The predicted octanol–water partition coefficient (Wildman–Crippen LogP) is 3.10. The van der Waals surface area contributed by atoms with Crippen molar-refractivity contribution in [2.75, 3.05) is 13.2 Å². The van der Waals surface area contributed by atoms with Crippen molar-refractivity contribution in [1.29, 1.82) is 0 Å². The fraction of sp³-hybridized carbons (Fsp3) is 1.00. The van der Waals surface area contributed by atoms with E-state index in [9.17, 15) is 5.11 Å². The number of likely N-dealkylation sites (tertiary alicyclic amines) is 1. The SMILES string of the molecule is OC1CCCCC1C1CCCN1C1CCOC2(CCC2)C1. The van der Waals surface area contributed by atoms with Gasteiger partial charge in [-0.2, -0.15) is 0 Å². The van der Waals surface area contributed by atoms with Crippen LogP contribution in [0.3, 0.4) is 0 Å². The van der Waals surface area contributed by atoms with Gasteiger partial charge in [-0.25, -0.2) is 0 Å². The summed E-state index contributed by atoms with van der Waals surface area (Å²) in [5, 5.41) is 10.5. The van der Waals surface area contributed by atoms with Gasteiger partial charge in [0.1, 0.15) is 0 Å². The van der Waals surface area contributed by atoms with Crippen LogP contribution in [0.2, 0.25) is 0 Å². The van der Waals surface area contributed by atoms with Crippen molar-refractivity contribution in [2.45, 2.75) is 94.4 Å². The molecule has 4 atom stereocenters. The minimum Gasteiger partial charge on any atom is -0.393 e. The molecule has 4 unspecified atom stereocenters. The summed E-state index contributed by atoms with van der Waals surface area (Å²) in [5.74, 6) is 0.543. The van der Waals surface area contributed by atoms with Crippen LogP contribution in [-0.4, -0.2) is 46.9 Å². The Morgan fingerprint density at radius 3 is 2.57 bits per heavy atom. The Bertz CT molecular complexity index is 368. The van der Waals surface area contributed by atoms with Crippen LogP contribution in [0.1, 0.15) is 70.6 Å². The molecule has 0 amide bonds. The maximum atomic E-state index is 10.5. The van der Waals surface area contributed by atoms with Crippen molar-refractivity contribution >= 4 is 0 Å². The smallest absolute Gasteiger partial charge is 0.0697 e. The second kappa shape index (κ2) is 5.82. The lowest BCUT2D eigenvalue weighted by atomic mass is 9.73. The van der Waals surface area contributed by atoms with Gasteiger partial charge in [-0.3, -0.25) is 4.90 Å². The number of rotatable bonds is 2. The Labute approximate surface area is 129 Å². The Morgan fingerprint density at radius 2 is 1.81 bits per heavy atom. The van der Waals surface area contributed by atoms with E-state index in [1.54, 1.807) is 0 Å². The first kappa shape index (κ1) is 14.5. The van der Waals surface area contributed by atoms with E-state index in [-0.39, 0.29) is 11.7 Å². The Balaban J connectivity index is 1.45. The third-order valence-electron chi connectivity index (χ3n) is 6.82. The number of hydrogen-bond donors (Lipinski definition) is 1. The van der Waals surface area contributed by atoms with Gasteiger partial charge in [0.05, 0.1) is 11.7 Å². The molecule has 4 aliphatic rings. The zero-order chi connectivity index (χ0) is 14.3. The molecule has 1 spiro atoms. The van der Waals surface area contributed by atoms with Crippen molar-refractivity contribution in [3.63, 3.8) is 0 Å². The molecule has 2 saturated heterocycles. The molecule has 2 heterocycles. The van der Waals surface area contributed by atoms with E-state index in [4.69, 9.17) is 4.74 Å². The number of aliphatic hydroxyl groups excluding tert-OH is 1. The highest BCUT2D eigenvalue weighted by molar-refractivity contribution is 5.00. The minimum absolute atomic E-state index is 0.0400. The zero-order valence-electron chi connectivity index (χ0n) is 13.3. The molecular weight excluding hydrogens is 262 g/mol. The molecule has 0 aromatic carbocycles. The average molecular weight is 293 g/mol. The van der Waals surface area contributed by atoms with Crippen LogP contribution >= 0.6 is 0 Å². The molecule has 3 heteroatoms. The lowest BCUT2D eigenvalue weighted by molar-refractivity contribution is -0.152. The molecule has 120 valence electrons. The van der Waals surface area contributed by atoms with E-state index in [1.165, 1.54) is 70.8 Å². The molecule has 4 fully saturated rings. The van der Waals surface area contributed by atoms with E-state index in [2.05, 4.69) is 4.90 Å². The van der Waals surface area contributed by atoms with Gasteiger partial charge < -0.3 is 9.84 Å². The molecule has 2 aliphatic carbocycles. The zero-order valence-corrected chi connectivity index (χ0v) is 13.3. The van der Waals surface area contributed by atoms with Crippen LogP contribution in [-0.2, 0) is 4.74 Å². The highest BCUT2D eigenvalue weighted by atomic mass is 16.5. The quantitative estimate of drug-likeness (QED) is 0.849. The van der Waals surface area contributed by atoms with Gasteiger partial charge >= 0.3 is 0 Å². The van der Waals surface area contributed by atoms with Crippen molar-refractivity contribution in [1.82, 2.24) is 4.90 Å². The summed E-state index contributed by atoms with van der Waals surface area (Å²) < 4.78 is 6.12. The van der Waals surface area contributed by atoms with Crippen LogP contribution in [0.4, 0.5) is 0 Å². The van der Waals surface area contributed by atoms with Gasteiger partial charge in [0.2, 0.25) is 0 Å². The topological polar surface area (TPSA) is 32.7 Å². The summed E-state index contributed by atoms with van der Waals surface area (Å²) in [6.07, 6.45) is 13.8. The normalized spacial score (nSPS) is 43.9. The van der Waals surface area contributed by atoms with Gasteiger partial charge in [0, 0.05) is 24.6 Å². The molecule has 3 nitrogen and oxygen atoms in total. The van der Waals surface area contributed by atoms with Crippen molar-refractivity contribution < 1.29 is 9.84 Å². The number of aliphatic hydroxyl groups is 1. The Kier molecular flexibility index (Phi) is 4.01.